The minimum atomic E-state index is -4.97. The van der Waals surface area contributed by atoms with Gasteiger partial charge in [-0.2, -0.15) is 0 Å². The Morgan fingerprint density at radius 2 is 0.505 bits per heavy atom. The predicted octanol–water partition coefficient (Wildman–Crippen LogP) is 26.6. The summed E-state index contributed by atoms with van der Waals surface area (Å²) in [6.45, 7) is 9.63. The maximum Gasteiger partial charge on any atom is 0.472 e. The van der Waals surface area contributed by atoms with Crippen LogP contribution in [-0.4, -0.2) is 96.7 Å². The van der Waals surface area contributed by atoms with Crippen molar-refractivity contribution >= 4 is 39.5 Å². The molecule has 632 valence electrons. The highest BCUT2D eigenvalue weighted by atomic mass is 31.2. The van der Waals surface area contributed by atoms with Gasteiger partial charge in [0.2, 0.25) is 0 Å². The Hall–Kier alpha value is -2.46. The Bertz CT molecular complexity index is 2140. The van der Waals surface area contributed by atoms with Gasteiger partial charge in [0.25, 0.3) is 0 Å². The van der Waals surface area contributed by atoms with Gasteiger partial charge in [-0.3, -0.25) is 37.3 Å². The van der Waals surface area contributed by atoms with Crippen LogP contribution in [0.25, 0.3) is 0 Å². The van der Waals surface area contributed by atoms with Crippen molar-refractivity contribution in [1.82, 2.24) is 0 Å². The molecule has 107 heavy (non-hydrogen) atoms. The van der Waals surface area contributed by atoms with Crippen LogP contribution in [0.4, 0.5) is 0 Å². The van der Waals surface area contributed by atoms with Crippen LogP contribution < -0.4 is 0 Å². The van der Waals surface area contributed by atoms with Crippen LogP contribution in [0.5, 0.6) is 0 Å². The fourth-order valence-corrected chi connectivity index (χ4v) is 14.8. The molecular formula is C88H168O17P2. The summed E-state index contributed by atoms with van der Waals surface area (Å²) >= 11 is 0. The third-order valence-electron chi connectivity index (χ3n) is 20.1. The second-order valence-corrected chi connectivity index (χ2v) is 34.8. The van der Waals surface area contributed by atoms with Crippen molar-refractivity contribution in [2.75, 3.05) is 39.6 Å². The average molecular weight is 1560 g/mol. The molecular weight excluding hydrogens is 1390 g/mol. The van der Waals surface area contributed by atoms with Gasteiger partial charge >= 0.3 is 39.5 Å². The van der Waals surface area contributed by atoms with E-state index in [9.17, 15) is 43.2 Å². The van der Waals surface area contributed by atoms with Gasteiger partial charge in [-0.1, -0.05) is 393 Å². The Kier molecular flexibility index (Phi) is 77.0. The lowest BCUT2D eigenvalue weighted by Crippen LogP contribution is -2.30. The van der Waals surface area contributed by atoms with Crippen molar-refractivity contribution in [1.29, 1.82) is 0 Å². The lowest BCUT2D eigenvalue weighted by atomic mass is 10.0. The van der Waals surface area contributed by atoms with E-state index in [0.717, 1.165) is 115 Å². The summed E-state index contributed by atoms with van der Waals surface area (Å²) in [5.74, 6) is -0.571. The first-order chi connectivity index (χ1) is 51.9. The number of unbranched alkanes of at least 4 members (excludes halogenated alkanes) is 52. The van der Waals surface area contributed by atoms with Gasteiger partial charge in [0, 0.05) is 25.7 Å². The van der Waals surface area contributed by atoms with E-state index in [1.165, 1.54) is 250 Å². The van der Waals surface area contributed by atoms with Gasteiger partial charge in [0.15, 0.2) is 12.2 Å². The van der Waals surface area contributed by atoms with Gasteiger partial charge in [0.05, 0.1) is 26.4 Å². The molecule has 0 bridgehead atoms. The van der Waals surface area contributed by atoms with Crippen LogP contribution in [0.15, 0.2) is 24.3 Å². The summed E-state index contributed by atoms with van der Waals surface area (Å²) < 4.78 is 68.9. The number of hydrogen-bond acceptors (Lipinski definition) is 15. The fourth-order valence-electron chi connectivity index (χ4n) is 13.2. The van der Waals surface area contributed by atoms with Gasteiger partial charge in [-0.05, 0) is 63.2 Å². The summed E-state index contributed by atoms with van der Waals surface area (Å²) in [6.07, 6.45) is 74.5. The van der Waals surface area contributed by atoms with Crippen LogP contribution in [-0.2, 0) is 65.4 Å². The van der Waals surface area contributed by atoms with Crippen LogP contribution in [0, 0.1) is 11.8 Å². The molecule has 0 radical (unpaired) electrons. The van der Waals surface area contributed by atoms with Crippen LogP contribution in [0.1, 0.15) is 446 Å². The van der Waals surface area contributed by atoms with Crippen LogP contribution >= 0.6 is 15.6 Å². The quantitative estimate of drug-likeness (QED) is 0.0169. The Morgan fingerprint density at radius 1 is 0.290 bits per heavy atom. The highest BCUT2D eigenvalue weighted by Crippen LogP contribution is 2.45. The van der Waals surface area contributed by atoms with E-state index < -0.39 is 97.5 Å². The number of hydrogen-bond donors (Lipinski definition) is 3. The molecule has 19 heteroatoms. The van der Waals surface area contributed by atoms with E-state index in [2.05, 4.69) is 65.8 Å². The van der Waals surface area contributed by atoms with Gasteiger partial charge in [-0.15, -0.1) is 0 Å². The lowest BCUT2D eigenvalue weighted by Gasteiger charge is -2.21. The van der Waals surface area contributed by atoms with Crippen LogP contribution in [0.2, 0.25) is 0 Å². The lowest BCUT2D eigenvalue weighted by molar-refractivity contribution is -0.161. The normalized spacial score (nSPS) is 13.9. The van der Waals surface area contributed by atoms with E-state index in [1.807, 2.05) is 0 Å². The topological polar surface area (TPSA) is 237 Å². The number of esters is 4. The van der Waals surface area contributed by atoms with Crippen molar-refractivity contribution in [3.8, 4) is 0 Å². The third kappa shape index (κ3) is 81.4. The van der Waals surface area contributed by atoms with Crippen LogP contribution in [0.3, 0.4) is 0 Å². The van der Waals surface area contributed by atoms with E-state index in [4.69, 9.17) is 37.0 Å². The molecule has 17 nitrogen and oxygen atoms in total. The first-order valence-electron chi connectivity index (χ1n) is 44.8. The summed E-state index contributed by atoms with van der Waals surface area (Å²) in [5.41, 5.74) is 0. The minimum Gasteiger partial charge on any atom is -0.462 e. The molecule has 0 fully saturated rings. The summed E-state index contributed by atoms with van der Waals surface area (Å²) in [4.78, 5) is 73.3. The van der Waals surface area contributed by atoms with E-state index >= 15 is 0 Å². The molecule has 0 aromatic heterocycles. The zero-order valence-electron chi connectivity index (χ0n) is 69.9. The molecule has 0 rings (SSSR count). The second kappa shape index (κ2) is 78.8. The van der Waals surface area contributed by atoms with E-state index in [-0.39, 0.29) is 25.7 Å². The second-order valence-electron chi connectivity index (χ2n) is 31.9. The summed E-state index contributed by atoms with van der Waals surface area (Å²) in [6, 6.07) is 0. The van der Waals surface area contributed by atoms with Crippen molar-refractivity contribution in [2.45, 2.75) is 464 Å². The molecule has 0 aromatic carbocycles. The average Bonchev–Trinajstić information content (AvgIpc) is 0.902. The first-order valence-corrected chi connectivity index (χ1v) is 47.8. The zero-order chi connectivity index (χ0) is 78.5. The molecule has 0 aliphatic rings. The largest absolute Gasteiger partial charge is 0.472 e. The molecule has 2 unspecified atom stereocenters. The SMILES string of the molecule is CCCCCC/C=C\C=C/CCCCCCCC(=O)O[C@H](COC(=O)CCCCCCCCCCCC(C)C)COP(=O)(O)OC[C@H](O)COP(=O)(O)OC[C@@H](COC(=O)CCCCCCCCCCCCCCCCCCCCC)OC(=O)CCCCCCCCCCCCCCCCCCCCC(C)C. The predicted molar refractivity (Wildman–Crippen MR) is 441 cm³/mol. The highest BCUT2D eigenvalue weighted by molar-refractivity contribution is 7.47. The molecule has 0 aliphatic carbocycles. The number of aliphatic hydroxyl groups excluding tert-OH is 1. The molecule has 0 spiro atoms. The molecule has 0 heterocycles. The zero-order valence-corrected chi connectivity index (χ0v) is 71.7. The van der Waals surface area contributed by atoms with Gasteiger partial charge < -0.3 is 33.8 Å². The number of ether oxygens (including phenoxy) is 4. The smallest absolute Gasteiger partial charge is 0.462 e. The number of carbonyl (C=O) groups is 4. The number of allylic oxidation sites excluding steroid dienone is 4. The number of aliphatic hydroxyl groups is 1. The number of rotatable bonds is 85. The fraction of sp³-hybridized carbons (Fsp3) is 0.909. The van der Waals surface area contributed by atoms with Crippen molar-refractivity contribution in [2.24, 2.45) is 11.8 Å². The molecule has 3 N–H and O–H groups in total. The maximum absolute atomic E-state index is 13.2. The van der Waals surface area contributed by atoms with Gasteiger partial charge in [0.1, 0.15) is 19.3 Å². The minimum absolute atomic E-state index is 0.0850. The van der Waals surface area contributed by atoms with Crippen molar-refractivity contribution in [3.63, 3.8) is 0 Å². The molecule has 0 aliphatic heterocycles. The number of phosphoric acid groups is 2. The Labute approximate surface area is 656 Å². The highest BCUT2D eigenvalue weighted by Gasteiger charge is 2.30. The standard InChI is InChI=1S/C88H168O17P2/c1-7-9-11-13-15-17-19-21-23-24-25-29-33-36-40-46-52-58-64-70-85(90)98-76-83(104-88(93)73-67-61-55-48-42-38-34-30-27-26-28-32-35-39-44-50-56-62-68-80(3)4)78-102-106(94,95)100-74-82(89)75-101-107(96,97)103-79-84(77-99-86(91)71-65-59-53-49-43-45-51-57-63-69-81(5)6)105-87(92)72-66-60-54-47-41-37-31-22-20-18-16-14-12-10-8-2/h18,20,22,31,80-84,89H,7-17,19,21,23-30,32-79H2,1-6H3,(H,94,95)(H,96,97)/b20-18-,31-22-/t82-,83-,84-/m1/s1. The molecule has 0 aromatic rings. The molecule has 0 amide bonds. The van der Waals surface area contributed by atoms with Crippen molar-refractivity contribution in [3.05, 3.63) is 24.3 Å². The first kappa shape index (κ1) is 105. The Morgan fingerprint density at radius 3 is 0.766 bits per heavy atom. The van der Waals surface area contributed by atoms with Crippen molar-refractivity contribution < 1.29 is 80.2 Å². The molecule has 5 atom stereocenters. The van der Waals surface area contributed by atoms with E-state index in [0.29, 0.717) is 25.7 Å². The monoisotopic (exact) mass is 1560 g/mol. The summed E-state index contributed by atoms with van der Waals surface area (Å²) in [5, 5.41) is 10.7. The Balaban J connectivity index is 5.27. The third-order valence-corrected chi connectivity index (χ3v) is 22.0. The van der Waals surface area contributed by atoms with E-state index in [1.54, 1.807) is 0 Å². The molecule has 0 saturated heterocycles. The number of phosphoric ester groups is 2. The van der Waals surface area contributed by atoms with Gasteiger partial charge in [-0.25, -0.2) is 9.13 Å². The summed E-state index contributed by atoms with van der Waals surface area (Å²) in [7, 11) is -9.94. The molecule has 0 saturated carbocycles. The maximum atomic E-state index is 13.2. The number of carbonyl (C=O) groups excluding carboxylic acids is 4.